The van der Waals surface area contributed by atoms with E-state index in [0.717, 1.165) is 19.5 Å². The predicted molar refractivity (Wildman–Crippen MR) is 75.6 cm³/mol. The topological polar surface area (TPSA) is 38.0 Å². The van der Waals surface area contributed by atoms with Crippen molar-refractivity contribution in [2.45, 2.75) is 58.0 Å². The van der Waals surface area contributed by atoms with E-state index in [1.54, 1.807) is 10.4 Å². The number of nitrogens with two attached hydrogens (primary N) is 1. The van der Waals surface area contributed by atoms with E-state index in [4.69, 9.17) is 5.73 Å². The number of fused-ring (bicyclic) bond motifs is 1. The van der Waals surface area contributed by atoms with Crippen LogP contribution in [-0.2, 0) is 19.4 Å². The fourth-order valence-electron chi connectivity index (χ4n) is 2.44. The molecule has 3 heteroatoms. The molecule has 0 radical (unpaired) electrons. The molecule has 0 fully saturated rings. The number of hydrogen-bond donors (Lipinski definition) is 2. The summed E-state index contributed by atoms with van der Waals surface area (Å²) in [5.74, 6) is 0. The van der Waals surface area contributed by atoms with Crippen molar-refractivity contribution in [3.05, 3.63) is 21.4 Å². The van der Waals surface area contributed by atoms with Crippen LogP contribution in [0.5, 0.6) is 0 Å². The van der Waals surface area contributed by atoms with Crippen LogP contribution in [0.1, 0.15) is 47.9 Å². The van der Waals surface area contributed by atoms with Gasteiger partial charge in [-0.2, -0.15) is 0 Å². The second kappa shape index (κ2) is 6.53. The average Bonchev–Trinajstić information content (AvgIpc) is 2.57. The Kier molecular flexibility index (Phi) is 5.01. The molecule has 0 spiro atoms. The zero-order valence-electron chi connectivity index (χ0n) is 10.8. The number of hydrogen-bond acceptors (Lipinski definition) is 3. The van der Waals surface area contributed by atoms with Gasteiger partial charge < -0.3 is 11.1 Å². The first-order chi connectivity index (χ1) is 8.29. The second-order valence-corrected chi connectivity index (χ2v) is 6.30. The highest BCUT2D eigenvalue weighted by molar-refractivity contribution is 7.12. The smallest absolute Gasteiger partial charge is 0.0302 e. The van der Waals surface area contributed by atoms with Gasteiger partial charge >= 0.3 is 0 Å². The highest BCUT2D eigenvalue weighted by Gasteiger charge is 2.12. The summed E-state index contributed by atoms with van der Waals surface area (Å²) in [5, 5.41) is 3.56. The van der Waals surface area contributed by atoms with E-state index in [9.17, 15) is 0 Å². The molecule has 1 unspecified atom stereocenters. The first kappa shape index (κ1) is 13.1. The van der Waals surface area contributed by atoms with Gasteiger partial charge in [0.15, 0.2) is 0 Å². The SMILES string of the molecule is CC(CCN)NCc1cc2c(s1)CCCCC2. The van der Waals surface area contributed by atoms with E-state index in [1.165, 1.54) is 37.0 Å². The minimum absolute atomic E-state index is 0.530. The summed E-state index contributed by atoms with van der Waals surface area (Å²) >= 11 is 2.01. The standard InChI is InChI=1S/C14H24N2S/c1-11(7-8-15)16-10-13-9-12-5-3-2-4-6-14(12)17-13/h9,11,16H,2-8,10,15H2,1H3. The summed E-state index contributed by atoms with van der Waals surface area (Å²) in [5.41, 5.74) is 7.18. The average molecular weight is 252 g/mol. The maximum atomic E-state index is 5.56. The monoisotopic (exact) mass is 252 g/mol. The quantitative estimate of drug-likeness (QED) is 0.791. The first-order valence-corrected chi connectivity index (χ1v) is 7.65. The van der Waals surface area contributed by atoms with E-state index in [-0.39, 0.29) is 0 Å². The molecule has 1 atom stereocenters. The van der Waals surface area contributed by atoms with E-state index in [2.05, 4.69) is 18.3 Å². The largest absolute Gasteiger partial charge is 0.330 e. The molecule has 0 bridgehead atoms. The van der Waals surface area contributed by atoms with E-state index >= 15 is 0 Å². The Hall–Kier alpha value is -0.380. The van der Waals surface area contributed by atoms with Crippen molar-refractivity contribution in [2.75, 3.05) is 6.54 Å². The fourth-order valence-corrected chi connectivity index (χ4v) is 3.65. The molecule has 1 aromatic rings. The number of rotatable bonds is 5. The van der Waals surface area contributed by atoms with Crippen LogP contribution in [0.2, 0.25) is 0 Å². The molecule has 1 aliphatic rings. The third kappa shape index (κ3) is 3.80. The zero-order chi connectivity index (χ0) is 12.1. The highest BCUT2D eigenvalue weighted by atomic mass is 32.1. The molecule has 96 valence electrons. The summed E-state index contributed by atoms with van der Waals surface area (Å²) in [4.78, 5) is 3.14. The number of aryl methyl sites for hydroxylation is 2. The van der Waals surface area contributed by atoms with Crippen molar-refractivity contribution in [2.24, 2.45) is 5.73 Å². The maximum Gasteiger partial charge on any atom is 0.0302 e. The summed E-state index contributed by atoms with van der Waals surface area (Å²) in [6.45, 7) is 4.00. The van der Waals surface area contributed by atoms with Crippen LogP contribution in [0.4, 0.5) is 0 Å². The van der Waals surface area contributed by atoms with Gasteiger partial charge in [-0.3, -0.25) is 0 Å². The van der Waals surface area contributed by atoms with Gasteiger partial charge in [-0.1, -0.05) is 6.42 Å². The summed E-state index contributed by atoms with van der Waals surface area (Å²) in [6.07, 6.45) is 7.82. The Morgan fingerprint density at radius 2 is 2.18 bits per heavy atom. The third-order valence-electron chi connectivity index (χ3n) is 3.52. The molecule has 0 aromatic carbocycles. The molecule has 1 aromatic heterocycles. The maximum absolute atomic E-state index is 5.56. The Labute approximate surface area is 109 Å². The molecule has 0 saturated carbocycles. The van der Waals surface area contributed by atoms with Gasteiger partial charge in [0, 0.05) is 22.3 Å². The minimum atomic E-state index is 0.530. The molecule has 3 N–H and O–H groups in total. The Morgan fingerprint density at radius 1 is 1.35 bits per heavy atom. The van der Waals surface area contributed by atoms with Crippen LogP contribution in [0.3, 0.4) is 0 Å². The Morgan fingerprint density at radius 3 is 3.00 bits per heavy atom. The van der Waals surface area contributed by atoms with Crippen molar-refractivity contribution < 1.29 is 0 Å². The van der Waals surface area contributed by atoms with E-state index < -0.39 is 0 Å². The first-order valence-electron chi connectivity index (χ1n) is 6.83. The van der Waals surface area contributed by atoms with Crippen LogP contribution < -0.4 is 11.1 Å². The number of nitrogens with one attached hydrogen (secondary N) is 1. The van der Waals surface area contributed by atoms with Crippen LogP contribution >= 0.6 is 11.3 Å². The fraction of sp³-hybridized carbons (Fsp3) is 0.714. The summed E-state index contributed by atoms with van der Waals surface area (Å²) < 4.78 is 0. The van der Waals surface area contributed by atoms with E-state index in [0.29, 0.717) is 6.04 Å². The van der Waals surface area contributed by atoms with Gasteiger partial charge in [0.1, 0.15) is 0 Å². The molecular formula is C14H24N2S. The van der Waals surface area contributed by atoms with Gasteiger partial charge in [-0.05, 0) is 57.2 Å². The lowest BCUT2D eigenvalue weighted by molar-refractivity contribution is 0.522. The van der Waals surface area contributed by atoms with Gasteiger partial charge in [0.25, 0.3) is 0 Å². The third-order valence-corrected chi connectivity index (χ3v) is 4.76. The number of thiophene rings is 1. The highest BCUT2D eigenvalue weighted by Crippen LogP contribution is 2.28. The zero-order valence-corrected chi connectivity index (χ0v) is 11.6. The van der Waals surface area contributed by atoms with Crippen LogP contribution in [0.15, 0.2) is 6.07 Å². The molecular weight excluding hydrogens is 228 g/mol. The second-order valence-electron chi connectivity index (χ2n) is 5.08. The van der Waals surface area contributed by atoms with Crippen molar-refractivity contribution >= 4 is 11.3 Å². The molecule has 2 rings (SSSR count). The molecule has 0 aliphatic heterocycles. The molecule has 0 saturated heterocycles. The Balaban J connectivity index is 1.89. The minimum Gasteiger partial charge on any atom is -0.330 e. The summed E-state index contributed by atoms with van der Waals surface area (Å²) in [7, 11) is 0. The van der Waals surface area contributed by atoms with Crippen molar-refractivity contribution in [1.29, 1.82) is 0 Å². The predicted octanol–water partition coefficient (Wildman–Crippen LogP) is 2.84. The van der Waals surface area contributed by atoms with Gasteiger partial charge in [-0.15, -0.1) is 11.3 Å². The van der Waals surface area contributed by atoms with Crippen LogP contribution in [-0.4, -0.2) is 12.6 Å². The van der Waals surface area contributed by atoms with Crippen LogP contribution in [0.25, 0.3) is 0 Å². The van der Waals surface area contributed by atoms with E-state index in [1.807, 2.05) is 11.3 Å². The summed E-state index contributed by atoms with van der Waals surface area (Å²) in [6, 6.07) is 2.95. The van der Waals surface area contributed by atoms with Crippen molar-refractivity contribution in [1.82, 2.24) is 5.32 Å². The lowest BCUT2D eigenvalue weighted by Gasteiger charge is -2.11. The Bertz CT molecular complexity index is 322. The molecule has 0 amide bonds. The normalized spacial score (nSPS) is 17.5. The molecule has 1 aliphatic carbocycles. The molecule has 2 nitrogen and oxygen atoms in total. The lowest BCUT2D eigenvalue weighted by Crippen LogP contribution is -2.27. The van der Waals surface area contributed by atoms with Gasteiger partial charge in [0.05, 0.1) is 0 Å². The molecule has 1 heterocycles. The van der Waals surface area contributed by atoms with Crippen molar-refractivity contribution in [3.8, 4) is 0 Å². The van der Waals surface area contributed by atoms with Gasteiger partial charge in [-0.25, -0.2) is 0 Å². The lowest BCUT2D eigenvalue weighted by atomic mass is 10.1. The molecule has 17 heavy (non-hydrogen) atoms. The van der Waals surface area contributed by atoms with Gasteiger partial charge in [0.2, 0.25) is 0 Å². The van der Waals surface area contributed by atoms with Crippen molar-refractivity contribution in [3.63, 3.8) is 0 Å². The van der Waals surface area contributed by atoms with Crippen LogP contribution in [0, 0.1) is 0 Å².